The van der Waals surface area contributed by atoms with Crippen LogP contribution in [0.2, 0.25) is 18.1 Å². The maximum atomic E-state index is 11.5. The molecule has 7 heteroatoms. The Morgan fingerprint density at radius 2 is 1.94 bits per heavy atom. The quantitative estimate of drug-likeness (QED) is 0.364. The molecular formula is C24H38O6Si. The number of carboxylic acids is 1. The van der Waals surface area contributed by atoms with Crippen LogP contribution in [-0.2, 0) is 18.7 Å². The molecule has 1 aliphatic heterocycles. The number of methoxy groups -OCH3 is 1. The summed E-state index contributed by atoms with van der Waals surface area (Å²) in [7, 11) is -0.477. The highest BCUT2D eigenvalue weighted by atomic mass is 28.4. The highest BCUT2D eigenvalue weighted by molar-refractivity contribution is 6.74. The third-order valence-electron chi connectivity index (χ3n) is 6.48. The summed E-state index contributed by atoms with van der Waals surface area (Å²) in [5.41, 5.74) is 0.274. The van der Waals surface area contributed by atoms with Crippen LogP contribution in [0.4, 0.5) is 0 Å². The zero-order chi connectivity index (χ0) is 23.4. The first-order valence-electron chi connectivity index (χ1n) is 10.8. The molecule has 1 aliphatic rings. The van der Waals surface area contributed by atoms with Gasteiger partial charge in [0, 0.05) is 5.56 Å². The molecular weight excluding hydrogens is 412 g/mol. The van der Waals surface area contributed by atoms with E-state index >= 15 is 0 Å². The second kappa shape index (κ2) is 9.86. The molecule has 1 fully saturated rings. The first-order valence-corrected chi connectivity index (χ1v) is 13.7. The van der Waals surface area contributed by atoms with Crippen LogP contribution < -0.4 is 4.74 Å². The molecule has 2 rings (SSSR count). The van der Waals surface area contributed by atoms with Crippen molar-refractivity contribution in [1.82, 2.24) is 0 Å². The first kappa shape index (κ1) is 25.6. The van der Waals surface area contributed by atoms with Gasteiger partial charge >= 0.3 is 5.97 Å². The number of carboxylic acid groups (broad SMARTS) is 1. The van der Waals surface area contributed by atoms with Crippen LogP contribution >= 0.6 is 0 Å². The zero-order valence-electron chi connectivity index (χ0n) is 19.9. The van der Waals surface area contributed by atoms with Crippen LogP contribution in [0.5, 0.6) is 5.75 Å². The fourth-order valence-corrected chi connectivity index (χ4v) is 4.86. The molecule has 6 nitrogen and oxygen atoms in total. The molecule has 1 saturated heterocycles. The van der Waals surface area contributed by atoms with Gasteiger partial charge in [0.25, 0.3) is 0 Å². The highest BCUT2D eigenvalue weighted by Crippen LogP contribution is 2.43. The lowest BCUT2D eigenvalue weighted by atomic mass is 9.91. The lowest BCUT2D eigenvalue weighted by Gasteiger charge is -2.39. The minimum Gasteiger partial charge on any atom is -0.497 e. The van der Waals surface area contributed by atoms with Crippen molar-refractivity contribution in [1.29, 1.82) is 0 Å². The summed E-state index contributed by atoms with van der Waals surface area (Å²) >= 11 is 0. The molecule has 0 amide bonds. The molecule has 0 bridgehead atoms. The minimum atomic E-state index is -2.10. The van der Waals surface area contributed by atoms with Gasteiger partial charge in [0.15, 0.2) is 14.6 Å². The van der Waals surface area contributed by atoms with Gasteiger partial charge in [-0.05, 0) is 50.0 Å². The largest absolute Gasteiger partial charge is 0.497 e. The van der Waals surface area contributed by atoms with E-state index in [0.717, 1.165) is 11.3 Å². The normalized spacial score (nSPS) is 25.3. The van der Waals surface area contributed by atoms with E-state index in [1.165, 1.54) is 0 Å². The number of aliphatic carboxylic acids is 1. The van der Waals surface area contributed by atoms with E-state index in [2.05, 4.69) is 40.4 Å². The average Bonchev–Trinajstić information content (AvgIpc) is 3.01. The number of ether oxygens (including phenoxy) is 3. The zero-order valence-corrected chi connectivity index (χ0v) is 20.9. The first-order chi connectivity index (χ1) is 14.3. The van der Waals surface area contributed by atoms with Crippen molar-refractivity contribution >= 4 is 14.3 Å². The molecule has 1 heterocycles. The Bertz CT molecular complexity index is 754. The lowest BCUT2D eigenvalue weighted by Crippen LogP contribution is -2.45. The van der Waals surface area contributed by atoms with Crippen molar-refractivity contribution in [3.8, 4) is 5.75 Å². The predicted molar refractivity (Wildman–Crippen MR) is 124 cm³/mol. The predicted octanol–water partition coefficient (Wildman–Crippen LogP) is 5.70. The third-order valence-corrected chi connectivity index (χ3v) is 11.0. The molecule has 0 spiro atoms. The smallest absolute Gasteiger partial charge is 0.305 e. The minimum absolute atomic E-state index is 0.00371. The fraction of sp³-hybridized carbons (Fsp3) is 0.625. The molecule has 1 unspecified atom stereocenters. The van der Waals surface area contributed by atoms with Gasteiger partial charge in [0.1, 0.15) is 11.9 Å². The van der Waals surface area contributed by atoms with Crippen molar-refractivity contribution in [2.75, 3.05) is 7.11 Å². The Hall–Kier alpha value is -1.67. The highest BCUT2D eigenvalue weighted by Gasteiger charge is 2.46. The van der Waals surface area contributed by atoms with Crippen molar-refractivity contribution in [2.24, 2.45) is 0 Å². The SMILES string of the molecule is C=C[C@@H]1OC(c2ccc(OC)cc2)O[C@]1(C)CC[C@@H](CC(=O)O)O[Si](C)(C)C(C)(C)C. The number of hydrogen-bond donors (Lipinski definition) is 1. The van der Waals surface area contributed by atoms with Crippen molar-refractivity contribution in [2.45, 2.75) is 89.2 Å². The molecule has 4 atom stereocenters. The van der Waals surface area contributed by atoms with E-state index in [9.17, 15) is 9.90 Å². The van der Waals surface area contributed by atoms with Crippen molar-refractivity contribution < 1.29 is 28.5 Å². The molecule has 1 N–H and O–H groups in total. The maximum Gasteiger partial charge on any atom is 0.305 e. The summed E-state index contributed by atoms with van der Waals surface area (Å²) in [6.07, 6.45) is 1.70. The molecule has 0 aliphatic carbocycles. The molecule has 0 saturated carbocycles. The standard InChI is InChI=1S/C24H38O6Si/c1-9-20-24(5,29-22(28-20)17-10-12-18(27-6)13-11-17)15-14-19(16-21(25)26)30-31(7,8)23(2,3)4/h9-13,19-20,22H,1,14-16H2,2-8H3,(H,25,26)/t19-,20-,22?,24+/m0/s1. The number of hydrogen-bond acceptors (Lipinski definition) is 5. The second-order valence-electron chi connectivity index (χ2n) is 9.96. The fourth-order valence-electron chi connectivity index (χ4n) is 3.47. The molecule has 0 radical (unpaired) electrons. The Morgan fingerprint density at radius 1 is 1.32 bits per heavy atom. The summed E-state index contributed by atoms with van der Waals surface area (Å²) in [5, 5.41) is 9.43. The summed E-state index contributed by atoms with van der Waals surface area (Å²) in [6.45, 7) is 16.7. The van der Waals surface area contributed by atoms with Gasteiger partial charge in [0.2, 0.25) is 0 Å². The van der Waals surface area contributed by atoms with Gasteiger partial charge in [-0.25, -0.2) is 0 Å². The van der Waals surface area contributed by atoms with Crippen LogP contribution in [0.25, 0.3) is 0 Å². The molecule has 1 aromatic rings. The van der Waals surface area contributed by atoms with Gasteiger partial charge in [-0.2, -0.15) is 0 Å². The summed E-state index contributed by atoms with van der Waals surface area (Å²) in [4.78, 5) is 11.5. The lowest BCUT2D eigenvalue weighted by molar-refractivity contribution is -0.139. The molecule has 1 aromatic carbocycles. The topological polar surface area (TPSA) is 74.2 Å². The van der Waals surface area contributed by atoms with Crippen LogP contribution in [0, 0.1) is 0 Å². The Morgan fingerprint density at radius 3 is 2.42 bits per heavy atom. The van der Waals surface area contributed by atoms with E-state index < -0.39 is 26.2 Å². The van der Waals surface area contributed by atoms with Crippen molar-refractivity contribution in [3.63, 3.8) is 0 Å². The Labute approximate surface area is 187 Å². The summed E-state index contributed by atoms with van der Waals surface area (Å²) in [5.74, 6) is -0.0853. The van der Waals surface area contributed by atoms with E-state index in [4.69, 9.17) is 18.6 Å². The van der Waals surface area contributed by atoms with E-state index in [1.54, 1.807) is 13.2 Å². The van der Waals surface area contributed by atoms with Gasteiger partial charge in [-0.1, -0.05) is 39.0 Å². The van der Waals surface area contributed by atoms with E-state index in [1.807, 2.05) is 31.2 Å². The van der Waals surface area contributed by atoms with E-state index in [0.29, 0.717) is 12.8 Å². The van der Waals surface area contributed by atoms with Crippen molar-refractivity contribution in [3.05, 3.63) is 42.5 Å². The van der Waals surface area contributed by atoms with Crippen LogP contribution in [-0.4, -0.2) is 44.3 Å². The molecule has 174 valence electrons. The molecule has 0 aromatic heterocycles. The van der Waals surface area contributed by atoms with E-state index in [-0.39, 0.29) is 23.7 Å². The van der Waals surface area contributed by atoms with Gasteiger partial charge in [0.05, 0.1) is 25.2 Å². The van der Waals surface area contributed by atoms with Crippen LogP contribution in [0.1, 0.15) is 58.8 Å². The third kappa shape index (κ3) is 6.41. The Balaban J connectivity index is 2.12. The number of rotatable bonds is 10. The second-order valence-corrected chi connectivity index (χ2v) is 14.7. The average molecular weight is 451 g/mol. The Kier molecular flexibility index (Phi) is 8.14. The van der Waals surface area contributed by atoms with Gasteiger partial charge in [-0.3, -0.25) is 4.79 Å². The monoisotopic (exact) mass is 450 g/mol. The number of carbonyl (C=O) groups is 1. The molecule has 31 heavy (non-hydrogen) atoms. The maximum absolute atomic E-state index is 11.5. The summed E-state index contributed by atoms with van der Waals surface area (Å²) < 4.78 is 24.1. The van der Waals surface area contributed by atoms with Gasteiger partial charge < -0.3 is 23.7 Å². The van der Waals surface area contributed by atoms with Crippen LogP contribution in [0.15, 0.2) is 36.9 Å². The summed E-state index contributed by atoms with van der Waals surface area (Å²) in [6, 6.07) is 7.58. The van der Waals surface area contributed by atoms with Gasteiger partial charge in [-0.15, -0.1) is 6.58 Å². The number of benzene rings is 1. The van der Waals surface area contributed by atoms with Crippen LogP contribution in [0.3, 0.4) is 0 Å².